The van der Waals surface area contributed by atoms with Crippen molar-refractivity contribution in [2.75, 3.05) is 13.7 Å². The van der Waals surface area contributed by atoms with Crippen LogP contribution < -0.4 is 14.8 Å². The summed E-state index contributed by atoms with van der Waals surface area (Å²) in [5, 5.41) is 12.7. The number of carbonyl (C=O) groups is 1. The number of ether oxygens (including phenoxy) is 2. The van der Waals surface area contributed by atoms with Gasteiger partial charge in [-0.15, -0.1) is 0 Å². The third-order valence-corrected chi connectivity index (χ3v) is 5.20. The summed E-state index contributed by atoms with van der Waals surface area (Å²) in [7, 11) is 1.67. The summed E-state index contributed by atoms with van der Waals surface area (Å²) in [5.41, 5.74) is 1.15. The Morgan fingerprint density at radius 2 is 1.88 bits per heavy atom. The molecule has 1 aromatic carbocycles. The number of methoxy groups -OCH3 is 1. The van der Waals surface area contributed by atoms with E-state index in [0.29, 0.717) is 18.6 Å². The number of carboxylic acid groups (broad SMARTS) is 1. The van der Waals surface area contributed by atoms with Gasteiger partial charge in [-0.05, 0) is 62.6 Å². The molecule has 5 nitrogen and oxygen atoms in total. The smallest absolute Gasteiger partial charge is 0.306 e. The van der Waals surface area contributed by atoms with Crippen molar-refractivity contribution in [2.24, 2.45) is 11.8 Å². The molecule has 146 valence electrons. The molecule has 0 radical (unpaired) electrons. The summed E-state index contributed by atoms with van der Waals surface area (Å²) < 4.78 is 11.4. The fraction of sp³-hybridized carbons (Fsp3) is 0.667. The third-order valence-electron chi connectivity index (χ3n) is 5.20. The van der Waals surface area contributed by atoms with Gasteiger partial charge in [0.1, 0.15) is 0 Å². The van der Waals surface area contributed by atoms with Crippen molar-refractivity contribution >= 4 is 5.97 Å². The standard InChI is InChI=1S/C21H33NO4/c1-14(2)11-12-26-19-10-7-17(13-20(19)25-4)15(3)22-18-8-5-16(6-9-18)21(23)24/h7,10,13-16,18,22H,5-6,8-9,11-12H2,1-4H3,(H,23,24). The molecule has 26 heavy (non-hydrogen) atoms. The first-order chi connectivity index (χ1) is 12.4. The number of carboxylic acids is 1. The van der Waals surface area contributed by atoms with Gasteiger partial charge in [-0.2, -0.15) is 0 Å². The molecular formula is C21H33NO4. The third kappa shape index (κ3) is 5.90. The van der Waals surface area contributed by atoms with Crippen LogP contribution in [0, 0.1) is 11.8 Å². The Hall–Kier alpha value is -1.75. The van der Waals surface area contributed by atoms with Crippen LogP contribution in [-0.4, -0.2) is 30.8 Å². The zero-order chi connectivity index (χ0) is 19.1. The molecule has 0 aliphatic heterocycles. The molecule has 1 aromatic rings. The van der Waals surface area contributed by atoms with E-state index in [4.69, 9.17) is 14.6 Å². The van der Waals surface area contributed by atoms with Crippen molar-refractivity contribution in [2.45, 2.75) is 65.0 Å². The number of aliphatic carboxylic acids is 1. The fourth-order valence-electron chi connectivity index (χ4n) is 3.43. The van der Waals surface area contributed by atoms with Crippen molar-refractivity contribution in [1.82, 2.24) is 5.32 Å². The van der Waals surface area contributed by atoms with Crippen molar-refractivity contribution in [3.8, 4) is 11.5 Å². The molecule has 0 amide bonds. The van der Waals surface area contributed by atoms with Gasteiger partial charge in [0.25, 0.3) is 0 Å². The highest BCUT2D eigenvalue weighted by Gasteiger charge is 2.26. The van der Waals surface area contributed by atoms with Gasteiger partial charge in [-0.25, -0.2) is 0 Å². The Morgan fingerprint density at radius 3 is 2.46 bits per heavy atom. The Morgan fingerprint density at radius 1 is 1.19 bits per heavy atom. The Balaban J connectivity index is 1.92. The number of benzene rings is 1. The maximum Gasteiger partial charge on any atom is 0.306 e. The lowest BCUT2D eigenvalue weighted by molar-refractivity contribution is -0.142. The maximum atomic E-state index is 11.1. The molecule has 0 bridgehead atoms. The van der Waals surface area contributed by atoms with E-state index >= 15 is 0 Å². The van der Waals surface area contributed by atoms with Gasteiger partial charge < -0.3 is 19.9 Å². The van der Waals surface area contributed by atoms with Crippen molar-refractivity contribution < 1.29 is 19.4 Å². The van der Waals surface area contributed by atoms with E-state index < -0.39 is 5.97 Å². The van der Waals surface area contributed by atoms with Crippen molar-refractivity contribution in [1.29, 1.82) is 0 Å². The van der Waals surface area contributed by atoms with Gasteiger partial charge in [0.2, 0.25) is 0 Å². The molecule has 1 fully saturated rings. The lowest BCUT2D eigenvalue weighted by Gasteiger charge is -2.30. The predicted molar refractivity (Wildman–Crippen MR) is 103 cm³/mol. The molecule has 0 heterocycles. The second kappa shape index (κ2) is 9.81. The highest BCUT2D eigenvalue weighted by molar-refractivity contribution is 5.70. The lowest BCUT2D eigenvalue weighted by atomic mass is 9.85. The summed E-state index contributed by atoms with van der Waals surface area (Å²) in [4.78, 5) is 11.1. The van der Waals surface area contributed by atoms with Crippen LogP contribution in [0.25, 0.3) is 0 Å². The summed E-state index contributed by atoms with van der Waals surface area (Å²) in [6, 6.07) is 6.64. The van der Waals surface area contributed by atoms with E-state index in [1.807, 2.05) is 12.1 Å². The van der Waals surface area contributed by atoms with Gasteiger partial charge in [0.15, 0.2) is 11.5 Å². The average Bonchev–Trinajstić information content (AvgIpc) is 2.62. The first-order valence-electron chi connectivity index (χ1n) is 9.70. The quantitative estimate of drug-likeness (QED) is 0.680. The van der Waals surface area contributed by atoms with Crippen LogP contribution in [0.15, 0.2) is 18.2 Å². The summed E-state index contributed by atoms with van der Waals surface area (Å²) >= 11 is 0. The maximum absolute atomic E-state index is 11.1. The number of hydrogen-bond acceptors (Lipinski definition) is 4. The number of rotatable bonds is 9. The number of hydrogen-bond donors (Lipinski definition) is 2. The van der Waals surface area contributed by atoms with E-state index in [1.165, 1.54) is 0 Å². The molecule has 1 aliphatic rings. The summed E-state index contributed by atoms with van der Waals surface area (Å²) in [6.45, 7) is 7.19. The minimum absolute atomic E-state index is 0.175. The fourth-order valence-corrected chi connectivity index (χ4v) is 3.43. The normalized spacial score (nSPS) is 21.4. The predicted octanol–water partition coefficient (Wildman–Crippen LogP) is 4.41. The lowest BCUT2D eigenvalue weighted by Crippen LogP contribution is -2.36. The monoisotopic (exact) mass is 363 g/mol. The van der Waals surface area contributed by atoms with Crippen LogP contribution in [0.3, 0.4) is 0 Å². The largest absolute Gasteiger partial charge is 0.493 e. The summed E-state index contributed by atoms with van der Waals surface area (Å²) in [6.07, 6.45) is 4.35. The van der Waals surface area contributed by atoms with Crippen molar-refractivity contribution in [3.63, 3.8) is 0 Å². The molecule has 2 N–H and O–H groups in total. The van der Waals surface area contributed by atoms with Gasteiger partial charge >= 0.3 is 5.97 Å². The topological polar surface area (TPSA) is 67.8 Å². The molecule has 0 saturated heterocycles. The molecule has 0 spiro atoms. The van der Waals surface area contributed by atoms with E-state index in [2.05, 4.69) is 32.2 Å². The zero-order valence-electron chi connectivity index (χ0n) is 16.5. The van der Waals surface area contributed by atoms with Crippen LogP contribution in [0.2, 0.25) is 0 Å². The highest BCUT2D eigenvalue weighted by Crippen LogP contribution is 2.32. The molecule has 2 rings (SSSR count). The SMILES string of the molecule is COc1cc(C(C)NC2CCC(C(=O)O)CC2)ccc1OCCC(C)C. The molecule has 1 saturated carbocycles. The van der Waals surface area contributed by atoms with E-state index in [-0.39, 0.29) is 12.0 Å². The molecule has 5 heteroatoms. The molecule has 1 atom stereocenters. The summed E-state index contributed by atoms with van der Waals surface area (Å²) in [5.74, 6) is 1.32. The van der Waals surface area contributed by atoms with E-state index in [9.17, 15) is 4.79 Å². The van der Waals surface area contributed by atoms with Gasteiger partial charge in [-0.1, -0.05) is 19.9 Å². The molecule has 1 unspecified atom stereocenters. The minimum atomic E-state index is -0.658. The second-order valence-corrected chi connectivity index (χ2v) is 7.72. The van der Waals surface area contributed by atoms with Gasteiger partial charge in [0.05, 0.1) is 19.6 Å². The van der Waals surface area contributed by atoms with Crippen LogP contribution in [0.4, 0.5) is 0 Å². The first kappa shape index (κ1) is 20.6. The highest BCUT2D eigenvalue weighted by atomic mass is 16.5. The van der Waals surface area contributed by atoms with E-state index in [0.717, 1.165) is 49.2 Å². The van der Waals surface area contributed by atoms with Crippen LogP contribution in [-0.2, 0) is 4.79 Å². The average molecular weight is 363 g/mol. The van der Waals surface area contributed by atoms with Gasteiger partial charge in [0, 0.05) is 12.1 Å². The second-order valence-electron chi connectivity index (χ2n) is 7.72. The van der Waals surface area contributed by atoms with Crippen LogP contribution in [0.1, 0.15) is 64.5 Å². The Bertz CT molecular complexity index is 579. The van der Waals surface area contributed by atoms with E-state index in [1.54, 1.807) is 7.11 Å². The molecule has 1 aliphatic carbocycles. The zero-order valence-corrected chi connectivity index (χ0v) is 16.5. The minimum Gasteiger partial charge on any atom is -0.493 e. The first-order valence-corrected chi connectivity index (χ1v) is 9.70. The van der Waals surface area contributed by atoms with Crippen molar-refractivity contribution in [3.05, 3.63) is 23.8 Å². The Labute approximate surface area is 157 Å². The van der Waals surface area contributed by atoms with Gasteiger partial charge in [-0.3, -0.25) is 4.79 Å². The van der Waals surface area contributed by atoms with Crippen LogP contribution in [0.5, 0.6) is 11.5 Å². The van der Waals surface area contributed by atoms with Crippen LogP contribution >= 0.6 is 0 Å². The molecular weight excluding hydrogens is 330 g/mol. The number of nitrogens with one attached hydrogen (secondary N) is 1. The Kier molecular flexibility index (Phi) is 7.76. The molecule has 0 aromatic heterocycles.